The number of nitrogens with zero attached hydrogens (tertiary/aromatic N) is 3. The van der Waals surface area contributed by atoms with Crippen LogP contribution >= 0.6 is 11.8 Å². The lowest BCUT2D eigenvalue weighted by Crippen LogP contribution is -2.31. The molecule has 1 amide bonds. The minimum Gasteiger partial charge on any atom is -0.497 e. The Hall–Kier alpha value is -2.48. The first kappa shape index (κ1) is 15.4. The summed E-state index contributed by atoms with van der Waals surface area (Å²) in [5, 5.41) is 8.19. The van der Waals surface area contributed by atoms with Crippen LogP contribution in [0.1, 0.15) is 18.5 Å². The average Bonchev–Trinajstić information content (AvgIpc) is 2.95. The second-order valence-corrected chi connectivity index (χ2v) is 5.85. The van der Waals surface area contributed by atoms with E-state index in [2.05, 4.69) is 15.4 Å². The lowest BCUT2D eigenvalue weighted by molar-refractivity contribution is -0.115. The van der Waals surface area contributed by atoms with Crippen LogP contribution in [0, 0.1) is 0 Å². The van der Waals surface area contributed by atoms with Gasteiger partial charge in [-0.3, -0.25) is 4.79 Å². The number of carbonyl (C=O) groups is 1. The van der Waals surface area contributed by atoms with Gasteiger partial charge in [0, 0.05) is 5.70 Å². The highest BCUT2D eigenvalue weighted by Gasteiger charge is 2.33. The van der Waals surface area contributed by atoms with E-state index < -0.39 is 11.9 Å². The number of aromatic nitrogens is 3. The first-order chi connectivity index (χ1) is 11.0. The van der Waals surface area contributed by atoms with Gasteiger partial charge in [-0.05, 0) is 30.9 Å². The van der Waals surface area contributed by atoms with Gasteiger partial charge in [-0.2, -0.15) is 4.98 Å². The number of amides is 1. The summed E-state index contributed by atoms with van der Waals surface area (Å²) in [7, 11) is 1.60. The summed E-state index contributed by atoms with van der Waals surface area (Å²) in [6.45, 7) is 1.81. The van der Waals surface area contributed by atoms with E-state index in [4.69, 9.17) is 10.5 Å². The normalized spacial score (nSPS) is 16.7. The molecule has 120 valence electrons. The van der Waals surface area contributed by atoms with Crippen molar-refractivity contribution in [2.75, 3.05) is 18.7 Å². The minimum absolute atomic E-state index is 0.438. The summed E-state index contributed by atoms with van der Waals surface area (Å²) >= 11 is 1.44. The van der Waals surface area contributed by atoms with Crippen LogP contribution in [0.3, 0.4) is 0 Å². The van der Waals surface area contributed by atoms with Gasteiger partial charge in [0.05, 0.1) is 12.7 Å². The van der Waals surface area contributed by atoms with Crippen molar-refractivity contribution in [1.29, 1.82) is 0 Å². The molecule has 0 radical (unpaired) electrons. The maximum Gasteiger partial charge on any atom is 0.248 e. The molecule has 0 unspecified atom stereocenters. The molecule has 1 aliphatic heterocycles. The molecule has 2 heterocycles. The minimum atomic E-state index is -0.491. The zero-order chi connectivity index (χ0) is 16.6. The Morgan fingerprint density at radius 1 is 1.48 bits per heavy atom. The third kappa shape index (κ3) is 2.65. The summed E-state index contributed by atoms with van der Waals surface area (Å²) in [5.74, 6) is 0.800. The van der Waals surface area contributed by atoms with Crippen LogP contribution < -0.4 is 15.8 Å². The van der Waals surface area contributed by atoms with Crippen molar-refractivity contribution >= 4 is 23.6 Å². The summed E-state index contributed by atoms with van der Waals surface area (Å²) < 4.78 is 6.97. The standard InChI is InChI=1S/C15H17N5O2S/c1-8-11(13(16)21)12(9-5-4-6-10(7-9)22-2)20-14(17-8)18-15(19-20)23-3/h4-7,12H,1-3H3,(H2,16,21)(H,17,18,19)/t12-/m0/s1. The first-order valence-corrected chi connectivity index (χ1v) is 8.19. The Labute approximate surface area is 137 Å². The number of thioether (sulfide) groups is 1. The number of allylic oxidation sites excluding steroid dienone is 1. The van der Waals surface area contributed by atoms with Crippen molar-refractivity contribution in [3.63, 3.8) is 0 Å². The summed E-state index contributed by atoms with van der Waals surface area (Å²) in [6, 6.07) is 7.07. The van der Waals surface area contributed by atoms with Gasteiger partial charge in [-0.15, -0.1) is 5.10 Å². The lowest BCUT2D eigenvalue weighted by atomic mass is 9.95. The molecule has 0 spiro atoms. The molecule has 7 nitrogen and oxygen atoms in total. The van der Waals surface area contributed by atoms with Gasteiger partial charge in [0.1, 0.15) is 11.8 Å². The highest BCUT2D eigenvalue weighted by Crippen LogP contribution is 2.36. The van der Waals surface area contributed by atoms with Crippen LogP contribution in [0.4, 0.5) is 5.95 Å². The van der Waals surface area contributed by atoms with Crippen LogP contribution in [0.25, 0.3) is 0 Å². The fraction of sp³-hybridized carbons (Fsp3) is 0.267. The SMILES string of the molecule is COc1cccc([C@H]2C(C(N)=O)=C(C)Nc3nc(SC)nn32)c1. The number of methoxy groups -OCH3 is 1. The molecule has 23 heavy (non-hydrogen) atoms. The second kappa shape index (κ2) is 5.96. The fourth-order valence-corrected chi connectivity index (χ4v) is 3.00. The topological polar surface area (TPSA) is 95.1 Å². The van der Waals surface area contributed by atoms with Gasteiger partial charge in [-0.25, -0.2) is 4.68 Å². The molecule has 1 aliphatic rings. The van der Waals surface area contributed by atoms with E-state index in [1.54, 1.807) is 11.8 Å². The van der Waals surface area contributed by atoms with E-state index in [1.165, 1.54) is 11.8 Å². The van der Waals surface area contributed by atoms with Crippen molar-refractivity contribution in [3.05, 3.63) is 41.1 Å². The van der Waals surface area contributed by atoms with E-state index >= 15 is 0 Å². The third-order valence-corrected chi connectivity index (χ3v) is 4.23. The molecule has 0 bridgehead atoms. The molecule has 0 saturated heterocycles. The van der Waals surface area contributed by atoms with Crippen molar-refractivity contribution in [3.8, 4) is 5.75 Å². The molecular formula is C15H17N5O2S. The van der Waals surface area contributed by atoms with Crippen LogP contribution in [-0.4, -0.2) is 34.0 Å². The maximum absolute atomic E-state index is 12.0. The van der Waals surface area contributed by atoms with Crippen LogP contribution in [-0.2, 0) is 4.79 Å². The van der Waals surface area contributed by atoms with Gasteiger partial charge in [0.15, 0.2) is 0 Å². The molecule has 1 aromatic heterocycles. The molecule has 0 saturated carbocycles. The number of nitrogens with two attached hydrogens (primary N) is 1. The number of anilines is 1. The Balaban J connectivity index is 2.20. The van der Waals surface area contributed by atoms with Gasteiger partial charge in [0.25, 0.3) is 0 Å². The highest BCUT2D eigenvalue weighted by atomic mass is 32.2. The van der Waals surface area contributed by atoms with Crippen molar-refractivity contribution < 1.29 is 9.53 Å². The van der Waals surface area contributed by atoms with Crippen molar-refractivity contribution in [2.24, 2.45) is 5.73 Å². The first-order valence-electron chi connectivity index (χ1n) is 6.97. The Bertz CT molecular complexity index is 799. The largest absolute Gasteiger partial charge is 0.497 e. The van der Waals surface area contributed by atoms with Crippen LogP contribution in [0.2, 0.25) is 0 Å². The van der Waals surface area contributed by atoms with Gasteiger partial charge < -0.3 is 15.8 Å². The molecule has 0 aliphatic carbocycles. The lowest BCUT2D eigenvalue weighted by Gasteiger charge is -2.27. The number of hydrogen-bond donors (Lipinski definition) is 2. The molecule has 1 atom stereocenters. The average molecular weight is 331 g/mol. The van der Waals surface area contributed by atoms with Gasteiger partial charge in [0.2, 0.25) is 17.0 Å². The quantitative estimate of drug-likeness (QED) is 0.829. The Kier molecular flexibility index (Phi) is 3.99. The zero-order valence-corrected chi connectivity index (χ0v) is 13.8. The monoisotopic (exact) mass is 331 g/mol. The van der Waals surface area contributed by atoms with E-state index in [9.17, 15) is 4.79 Å². The molecule has 1 aromatic carbocycles. The summed E-state index contributed by atoms with van der Waals surface area (Å²) in [4.78, 5) is 16.4. The second-order valence-electron chi connectivity index (χ2n) is 5.07. The summed E-state index contributed by atoms with van der Waals surface area (Å²) in [6.07, 6.45) is 1.90. The predicted octanol–water partition coefficient (Wildman–Crippen LogP) is 1.78. The maximum atomic E-state index is 12.0. The molecular weight excluding hydrogens is 314 g/mol. The number of primary amides is 1. The van der Waals surface area contributed by atoms with Gasteiger partial charge >= 0.3 is 0 Å². The summed E-state index contributed by atoms with van der Waals surface area (Å²) in [5.41, 5.74) is 7.62. The van der Waals surface area contributed by atoms with Crippen LogP contribution in [0.5, 0.6) is 5.75 Å². The van der Waals surface area contributed by atoms with Crippen LogP contribution in [0.15, 0.2) is 40.7 Å². The Morgan fingerprint density at radius 2 is 2.26 bits per heavy atom. The zero-order valence-electron chi connectivity index (χ0n) is 13.0. The number of hydrogen-bond acceptors (Lipinski definition) is 6. The number of fused-ring (bicyclic) bond motifs is 1. The predicted molar refractivity (Wildman–Crippen MR) is 88.5 cm³/mol. The van der Waals surface area contributed by atoms with E-state index in [1.807, 2.05) is 37.4 Å². The smallest absolute Gasteiger partial charge is 0.248 e. The molecule has 0 fully saturated rings. The number of rotatable bonds is 4. The van der Waals surface area contributed by atoms with Crippen molar-refractivity contribution in [1.82, 2.24) is 14.8 Å². The van der Waals surface area contributed by atoms with E-state index in [-0.39, 0.29) is 0 Å². The third-order valence-electron chi connectivity index (χ3n) is 3.69. The van der Waals surface area contributed by atoms with E-state index in [0.29, 0.717) is 28.1 Å². The number of ether oxygens (including phenoxy) is 1. The molecule has 2 aromatic rings. The molecule has 8 heteroatoms. The fourth-order valence-electron chi connectivity index (χ4n) is 2.66. The molecule has 3 rings (SSSR count). The Morgan fingerprint density at radius 3 is 2.91 bits per heavy atom. The number of carbonyl (C=O) groups excluding carboxylic acids is 1. The number of benzene rings is 1. The molecule has 3 N–H and O–H groups in total. The van der Waals surface area contributed by atoms with Gasteiger partial charge in [-0.1, -0.05) is 23.9 Å². The highest BCUT2D eigenvalue weighted by molar-refractivity contribution is 7.98. The number of nitrogens with one attached hydrogen (secondary N) is 1. The van der Waals surface area contributed by atoms with E-state index in [0.717, 1.165) is 5.56 Å². The van der Waals surface area contributed by atoms with Crippen molar-refractivity contribution in [2.45, 2.75) is 18.1 Å².